The summed E-state index contributed by atoms with van der Waals surface area (Å²) in [5.74, 6) is -0.0805. The van der Waals surface area contributed by atoms with Crippen LogP contribution in [0.15, 0.2) is 53.5 Å². The Kier molecular flexibility index (Phi) is 4.60. The topological polar surface area (TPSA) is 86.5 Å². The van der Waals surface area contributed by atoms with Gasteiger partial charge in [-0.15, -0.1) is 0 Å². The highest BCUT2D eigenvalue weighted by atomic mass is 32.2. The number of aryl methyl sites for hydroxylation is 1. The lowest BCUT2D eigenvalue weighted by Crippen LogP contribution is -2.51. The minimum atomic E-state index is -4.10. The molecule has 3 rings (SSSR count). The van der Waals surface area contributed by atoms with Gasteiger partial charge in [-0.1, -0.05) is 42.0 Å². The molecule has 0 aromatic heterocycles. The molecule has 0 saturated heterocycles. The molecule has 1 aromatic rings. The van der Waals surface area contributed by atoms with Crippen molar-refractivity contribution in [2.24, 2.45) is 23.0 Å². The Bertz CT molecular complexity index is 825. The third kappa shape index (κ3) is 3.28. The van der Waals surface area contributed by atoms with Crippen molar-refractivity contribution in [3.8, 4) is 0 Å². The van der Waals surface area contributed by atoms with Crippen molar-refractivity contribution in [1.29, 1.82) is 0 Å². The Morgan fingerprint density at radius 2 is 2.08 bits per heavy atom. The van der Waals surface area contributed by atoms with Gasteiger partial charge in [0.05, 0.1) is 6.42 Å². The van der Waals surface area contributed by atoms with Crippen LogP contribution in [0.3, 0.4) is 0 Å². The van der Waals surface area contributed by atoms with Crippen LogP contribution >= 0.6 is 0 Å². The Hall–Kier alpha value is -1.92. The molecule has 3 atom stereocenters. The van der Waals surface area contributed by atoms with E-state index in [4.69, 9.17) is 9.92 Å². The zero-order valence-corrected chi connectivity index (χ0v) is 15.1. The highest BCUT2D eigenvalue weighted by molar-refractivity contribution is 7.87. The van der Waals surface area contributed by atoms with E-state index in [0.29, 0.717) is 12.5 Å². The summed E-state index contributed by atoms with van der Waals surface area (Å²) >= 11 is 0. The molecule has 1 fully saturated rings. The van der Waals surface area contributed by atoms with E-state index in [2.05, 4.69) is 12.7 Å². The minimum absolute atomic E-state index is 0.0106. The van der Waals surface area contributed by atoms with Crippen LogP contribution < -0.4 is 5.73 Å². The maximum absolute atomic E-state index is 12.3. The van der Waals surface area contributed by atoms with E-state index >= 15 is 0 Å². The van der Waals surface area contributed by atoms with Crippen LogP contribution in [0.2, 0.25) is 0 Å². The minimum Gasteiger partial charge on any atom is -0.342 e. The molecular formula is C19H23NO4S. The lowest BCUT2D eigenvalue weighted by Gasteiger charge is -2.51. The summed E-state index contributed by atoms with van der Waals surface area (Å²) in [6.07, 6.45) is 5.72. The van der Waals surface area contributed by atoms with Crippen LogP contribution in [0.5, 0.6) is 0 Å². The maximum Gasteiger partial charge on any atom is 0.341 e. The summed E-state index contributed by atoms with van der Waals surface area (Å²) in [5, 5.41) is 0. The lowest BCUT2D eigenvalue weighted by molar-refractivity contribution is -0.141. The van der Waals surface area contributed by atoms with Crippen molar-refractivity contribution in [1.82, 2.24) is 0 Å². The van der Waals surface area contributed by atoms with E-state index in [1.807, 2.05) is 13.0 Å². The molecule has 2 aliphatic carbocycles. The van der Waals surface area contributed by atoms with Crippen molar-refractivity contribution in [2.45, 2.75) is 31.1 Å². The fraction of sp³-hybridized carbons (Fsp3) is 0.421. The summed E-state index contributed by atoms with van der Waals surface area (Å²) in [7, 11) is -4.10. The molecule has 1 saturated carbocycles. The van der Waals surface area contributed by atoms with Gasteiger partial charge in [-0.05, 0) is 55.7 Å². The van der Waals surface area contributed by atoms with Gasteiger partial charge in [-0.2, -0.15) is 8.42 Å². The molecule has 2 N–H and O–H groups in total. The fourth-order valence-electron chi connectivity index (χ4n) is 4.06. The molecule has 0 unspecified atom stereocenters. The monoisotopic (exact) mass is 361 g/mol. The van der Waals surface area contributed by atoms with E-state index in [-0.39, 0.29) is 17.2 Å². The second-order valence-electron chi connectivity index (χ2n) is 7.11. The molecule has 134 valence electrons. The van der Waals surface area contributed by atoms with Gasteiger partial charge >= 0.3 is 16.1 Å². The fourth-order valence-corrected chi connectivity index (χ4v) is 4.93. The van der Waals surface area contributed by atoms with Crippen molar-refractivity contribution < 1.29 is 17.4 Å². The van der Waals surface area contributed by atoms with E-state index in [1.165, 1.54) is 17.7 Å². The zero-order valence-electron chi connectivity index (χ0n) is 14.3. The third-order valence-electron chi connectivity index (χ3n) is 5.45. The average molecular weight is 361 g/mol. The van der Waals surface area contributed by atoms with Gasteiger partial charge < -0.3 is 9.92 Å². The molecule has 0 amide bonds. The Labute approximate surface area is 148 Å². The van der Waals surface area contributed by atoms with Crippen LogP contribution in [-0.2, 0) is 19.1 Å². The van der Waals surface area contributed by atoms with Crippen molar-refractivity contribution in [3.05, 3.63) is 54.1 Å². The Balaban J connectivity index is 1.71. The standard InChI is InChI=1S/C19H23NO4S/c1-3-14-8-15-10-19(12-20,17(15)9-14)11-18(21)24-25(22,23)16-6-4-13(2)5-7-16/h3-7,9,15,17H,1,8,10-12,20H2,2H3/t15-,17+,19+/m0/s1. The molecule has 0 radical (unpaired) electrons. The number of nitrogens with two attached hydrogens (primary N) is 1. The van der Waals surface area contributed by atoms with E-state index in [1.54, 1.807) is 12.1 Å². The number of benzene rings is 1. The van der Waals surface area contributed by atoms with E-state index < -0.39 is 21.5 Å². The highest BCUT2D eigenvalue weighted by Crippen LogP contribution is 2.59. The highest BCUT2D eigenvalue weighted by Gasteiger charge is 2.55. The number of rotatable bonds is 6. The summed E-state index contributed by atoms with van der Waals surface area (Å²) in [6.45, 7) is 5.97. The number of hydrogen-bond acceptors (Lipinski definition) is 5. The summed E-state index contributed by atoms with van der Waals surface area (Å²) in [4.78, 5) is 12.3. The van der Waals surface area contributed by atoms with Gasteiger partial charge in [0.1, 0.15) is 4.90 Å². The molecule has 5 nitrogen and oxygen atoms in total. The van der Waals surface area contributed by atoms with Crippen LogP contribution in [0, 0.1) is 24.2 Å². The number of hydrogen-bond donors (Lipinski definition) is 1. The van der Waals surface area contributed by atoms with Crippen LogP contribution in [-0.4, -0.2) is 20.9 Å². The van der Waals surface area contributed by atoms with Gasteiger partial charge in [0.25, 0.3) is 0 Å². The third-order valence-corrected chi connectivity index (χ3v) is 6.71. The molecule has 0 heterocycles. The SMILES string of the molecule is C=CC1=C[C@@H]2[C@@H](C1)C[C@]2(CN)CC(=O)OS(=O)(=O)c1ccc(C)cc1. The number of allylic oxidation sites excluding steroid dienone is 3. The molecule has 6 heteroatoms. The second kappa shape index (κ2) is 6.42. The van der Waals surface area contributed by atoms with Crippen molar-refractivity contribution >= 4 is 16.1 Å². The van der Waals surface area contributed by atoms with Gasteiger partial charge in [-0.25, -0.2) is 0 Å². The number of fused-ring (bicyclic) bond motifs is 1. The normalized spacial score (nSPS) is 27.8. The first-order valence-corrected chi connectivity index (χ1v) is 9.78. The Morgan fingerprint density at radius 1 is 1.40 bits per heavy atom. The molecule has 0 bridgehead atoms. The summed E-state index contributed by atoms with van der Waals surface area (Å²) < 4.78 is 29.4. The summed E-state index contributed by atoms with van der Waals surface area (Å²) in [6, 6.07) is 6.20. The average Bonchev–Trinajstić information content (AvgIpc) is 2.90. The first-order valence-electron chi connectivity index (χ1n) is 8.37. The van der Waals surface area contributed by atoms with Gasteiger partial charge in [0, 0.05) is 0 Å². The predicted octanol–water partition coefficient (Wildman–Crippen LogP) is 2.71. The van der Waals surface area contributed by atoms with Crippen molar-refractivity contribution in [2.75, 3.05) is 6.54 Å². The van der Waals surface area contributed by atoms with Gasteiger partial charge in [0.2, 0.25) is 0 Å². The smallest absolute Gasteiger partial charge is 0.341 e. The van der Waals surface area contributed by atoms with E-state index in [0.717, 1.165) is 18.4 Å². The van der Waals surface area contributed by atoms with E-state index in [9.17, 15) is 13.2 Å². The van der Waals surface area contributed by atoms with Crippen LogP contribution in [0.25, 0.3) is 0 Å². The van der Waals surface area contributed by atoms with Crippen molar-refractivity contribution in [3.63, 3.8) is 0 Å². The zero-order chi connectivity index (χ0) is 18.2. The summed E-state index contributed by atoms with van der Waals surface area (Å²) in [5.41, 5.74) is 7.63. The molecule has 2 aliphatic rings. The largest absolute Gasteiger partial charge is 0.342 e. The predicted molar refractivity (Wildman–Crippen MR) is 95.1 cm³/mol. The maximum atomic E-state index is 12.3. The Morgan fingerprint density at radius 3 is 2.68 bits per heavy atom. The molecule has 0 aliphatic heterocycles. The van der Waals surface area contributed by atoms with Crippen LogP contribution in [0.1, 0.15) is 24.8 Å². The molecular weight excluding hydrogens is 338 g/mol. The first kappa shape index (κ1) is 17.9. The molecule has 25 heavy (non-hydrogen) atoms. The quantitative estimate of drug-likeness (QED) is 0.787. The molecule has 1 aromatic carbocycles. The lowest BCUT2D eigenvalue weighted by atomic mass is 9.53. The van der Waals surface area contributed by atoms with Crippen LogP contribution in [0.4, 0.5) is 0 Å². The second-order valence-corrected chi connectivity index (χ2v) is 8.65. The first-order chi connectivity index (χ1) is 11.8. The van der Waals surface area contributed by atoms with Gasteiger partial charge in [0.15, 0.2) is 0 Å². The number of carbonyl (C=O) groups is 1. The molecule has 0 spiro atoms. The van der Waals surface area contributed by atoms with Gasteiger partial charge in [-0.3, -0.25) is 4.79 Å². The number of carbonyl (C=O) groups excluding carboxylic acids is 1.